The highest BCUT2D eigenvalue weighted by atomic mass is 16.5. The van der Waals surface area contributed by atoms with Gasteiger partial charge in [-0.15, -0.1) is 0 Å². The van der Waals surface area contributed by atoms with Crippen molar-refractivity contribution in [2.45, 2.75) is 25.4 Å². The van der Waals surface area contributed by atoms with Crippen molar-refractivity contribution in [2.75, 3.05) is 31.1 Å². The Balaban J connectivity index is 1.66. The van der Waals surface area contributed by atoms with Gasteiger partial charge in [0.05, 0.1) is 23.5 Å². The fourth-order valence-electron chi connectivity index (χ4n) is 2.84. The zero-order valence-corrected chi connectivity index (χ0v) is 12.2. The zero-order valence-electron chi connectivity index (χ0n) is 12.2. The number of anilines is 1. The minimum absolute atomic E-state index is 0.369. The number of piperidine rings is 1. The molecule has 0 spiro atoms. The van der Waals surface area contributed by atoms with Crippen molar-refractivity contribution in [2.24, 2.45) is 5.73 Å². The first-order valence-electron chi connectivity index (χ1n) is 7.65. The van der Waals surface area contributed by atoms with E-state index in [0.29, 0.717) is 12.6 Å². The summed E-state index contributed by atoms with van der Waals surface area (Å²) in [6, 6.07) is 8.17. The molecule has 21 heavy (non-hydrogen) atoms. The Labute approximate surface area is 125 Å². The molecule has 1 aliphatic rings. The van der Waals surface area contributed by atoms with Gasteiger partial charge in [0, 0.05) is 25.1 Å². The number of ether oxygens (including phenoxy) is 1. The maximum absolute atomic E-state index is 5.86. The molecule has 112 valence electrons. The standard InChI is InChI=1S/C16H22N4O/c17-8-3-11-21-13-6-9-20(10-7-13)16-12-18-19-15-5-2-1-4-14(15)16/h1-2,4-5,12-13H,3,6-11,17H2. The molecule has 0 unspecified atom stereocenters. The SMILES string of the molecule is NCCCOC1CCN(c2cnnc3ccccc23)CC1. The summed E-state index contributed by atoms with van der Waals surface area (Å²) in [7, 11) is 0. The van der Waals surface area contributed by atoms with Gasteiger partial charge in [0.1, 0.15) is 0 Å². The Hall–Kier alpha value is -1.72. The largest absolute Gasteiger partial charge is 0.378 e. The smallest absolute Gasteiger partial charge is 0.0950 e. The van der Waals surface area contributed by atoms with Gasteiger partial charge in [0.15, 0.2) is 0 Å². The maximum atomic E-state index is 5.86. The summed E-state index contributed by atoms with van der Waals surface area (Å²) in [6.45, 7) is 3.49. The molecule has 1 saturated heterocycles. The van der Waals surface area contributed by atoms with E-state index in [-0.39, 0.29) is 0 Å². The summed E-state index contributed by atoms with van der Waals surface area (Å²) in [5, 5.41) is 9.50. The molecule has 0 aliphatic carbocycles. The van der Waals surface area contributed by atoms with Crippen LogP contribution >= 0.6 is 0 Å². The average Bonchev–Trinajstić information content (AvgIpc) is 2.55. The number of rotatable bonds is 5. The maximum Gasteiger partial charge on any atom is 0.0950 e. The van der Waals surface area contributed by atoms with Crippen LogP contribution in [0.25, 0.3) is 10.9 Å². The van der Waals surface area contributed by atoms with Crippen LogP contribution in [0.3, 0.4) is 0 Å². The fourth-order valence-corrected chi connectivity index (χ4v) is 2.84. The van der Waals surface area contributed by atoms with Crippen molar-refractivity contribution in [3.05, 3.63) is 30.5 Å². The summed E-state index contributed by atoms with van der Waals surface area (Å²) < 4.78 is 5.86. The predicted octanol–water partition coefficient (Wildman–Crippen LogP) is 1.96. The topological polar surface area (TPSA) is 64.3 Å². The van der Waals surface area contributed by atoms with E-state index in [0.717, 1.165) is 44.5 Å². The van der Waals surface area contributed by atoms with Crippen LogP contribution in [0.1, 0.15) is 19.3 Å². The molecule has 2 heterocycles. The quantitative estimate of drug-likeness (QED) is 0.851. The van der Waals surface area contributed by atoms with Gasteiger partial charge in [-0.2, -0.15) is 10.2 Å². The summed E-state index contributed by atoms with van der Waals surface area (Å²) in [5.74, 6) is 0. The van der Waals surface area contributed by atoms with E-state index in [2.05, 4.69) is 27.2 Å². The molecule has 1 aliphatic heterocycles. The summed E-state index contributed by atoms with van der Waals surface area (Å²) in [4.78, 5) is 2.39. The van der Waals surface area contributed by atoms with Crippen molar-refractivity contribution in [1.82, 2.24) is 10.2 Å². The Bertz CT molecular complexity index is 576. The number of hydrogen-bond acceptors (Lipinski definition) is 5. The predicted molar refractivity (Wildman–Crippen MR) is 84.4 cm³/mol. The van der Waals surface area contributed by atoms with Gasteiger partial charge in [-0.1, -0.05) is 18.2 Å². The van der Waals surface area contributed by atoms with Crippen LogP contribution in [0.5, 0.6) is 0 Å². The van der Waals surface area contributed by atoms with E-state index in [1.54, 1.807) is 0 Å². The van der Waals surface area contributed by atoms with Crippen LogP contribution in [0.2, 0.25) is 0 Å². The molecule has 3 rings (SSSR count). The minimum Gasteiger partial charge on any atom is -0.378 e. The monoisotopic (exact) mass is 286 g/mol. The van der Waals surface area contributed by atoms with Gasteiger partial charge in [0.2, 0.25) is 0 Å². The second-order valence-electron chi connectivity index (χ2n) is 5.45. The second kappa shape index (κ2) is 6.83. The first kappa shape index (κ1) is 14.2. The molecule has 0 atom stereocenters. The highest BCUT2D eigenvalue weighted by Crippen LogP contribution is 2.27. The van der Waals surface area contributed by atoms with Crippen LogP contribution in [-0.4, -0.2) is 42.5 Å². The molecule has 1 fully saturated rings. The second-order valence-corrected chi connectivity index (χ2v) is 5.45. The van der Waals surface area contributed by atoms with E-state index < -0.39 is 0 Å². The number of hydrogen-bond donors (Lipinski definition) is 1. The van der Waals surface area contributed by atoms with E-state index in [9.17, 15) is 0 Å². The third-order valence-corrected chi connectivity index (χ3v) is 4.01. The van der Waals surface area contributed by atoms with Crippen LogP contribution in [0.15, 0.2) is 30.5 Å². The minimum atomic E-state index is 0.369. The fraction of sp³-hybridized carbons (Fsp3) is 0.500. The van der Waals surface area contributed by atoms with Crippen molar-refractivity contribution in [1.29, 1.82) is 0 Å². The molecule has 0 bridgehead atoms. The van der Waals surface area contributed by atoms with Gasteiger partial charge in [-0.05, 0) is 31.9 Å². The lowest BCUT2D eigenvalue weighted by Gasteiger charge is -2.33. The highest BCUT2D eigenvalue weighted by molar-refractivity contribution is 5.90. The number of fused-ring (bicyclic) bond motifs is 1. The zero-order chi connectivity index (χ0) is 14.5. The lowest BCUT2D eigenvalue weighted by atomic mass is 10.1. The van der Waals surface area contributed by atoms with E-state index >= 15 is 0 Å². The van der Waals surface area contributed by atoms with Crippen molar-refractivity contribution in [3.63, 3.8) is 0 Å². The lowest BCUT2D eigenvalue weighted by molar-refractivity contribution is 0.0366. The Morgan fingerprint density at radius 3 is 2.86 bits per heavy atom. The first-order chi connectivity index (χ1) is 10.4. The highest BCUT2D eigenvalue weighted by Gasteiger charge is 2.21. The molecule has 5 heteroatoms. The van der Waals surface area contributed by atoms with Crippen LogP contribution in [0, 0.1) is 0 Å². The van der Waals surface area contributed by atoms with E-state index in [1.165, 1.54) is 11.1 Å². The molecular weight excluding hydrogens is 264 g/mol. The summed E-state index contributed by atoms with van der Waals surface area (Å²) in [5.41, 5.74) is 7.63. The normalized spacial score (nSPS) is 16.5. The van der Waals surface area contributed by atoms with Gasteiger partial charge in [-0.25, -0.2) is 0 Å². The molecule has 2 aromatic rings. The van der Waals surface area contributed by atoms with Gasteiger partial charge in [0.25, 0.3) is 0 Å². The molecule has 0 amide bonds. The summed E-state index contributed by atoms with van der Waals surface area (Å²) in [6.07, 6.45) is 5.30. The van der Waals surface area contributed by atoms with Gasteiger partial charge >= 0.3 is 0 Å². The molecule has 2 N–H and O–H groups in total. The number of nitrogens with two attached hydrogens (primary N) is 1. The number of aromatic nitrogens is 2. The molecular formula is C16H22N4O. The van der Waals surface area contributed by atoms with E-state index in [4.69, 9.17) is 10.5 Å². The summed E-state index contributed by atoms with van der Waals surface area (Å²) >= 11 is 0. The average molecular weight is 286 g/mol. The van der Waals surface area contributed by atoms with E-state index in [1.807, 2.05) is 18.3 Å². The molecule has 1 aromatic carbocycles. The third-order valence-electron chi connectivity index (χ3n) is 4.01. The number of benzene rings is 1. The Kier molecular flexibility index (Phi) is 4.62. The van der Waals surface area contributed by atoms with Crippen LogP contribution in [0.4, 0.5) is 5.69 Å². The number of nitrogens with zero attached hydrogens (tertiary/aromatic N) is 3. The molecule has 5 nitrogen and oxygen atoms in total. The lowest BCUT2D eigenvalue weighted by Crippen LogP contribution is -2.37. The first-order valence-corrected chi connectivity index (χ1v) is 7.65. The molecule has 1 aromatic heterocycles. The van der Waals surface area contributed by atoms with Crippen LogP contribution in [-0.2, 0) is 4.74 Å². The molecule has 0 saturated carbocycles. The molecule has 0 radical (unpaired) electrons. The van der Waals surface area contributed by atoms with Gasteiger partial charge in [-0.3, -0.25) is 0 Å². The van der Waals surface area contributed by atoms with Crippen molar-refractivity contribution < 1.29 is 4.74 Å². The van der Waals surface area contributed by atoms with Crippen molar-refractivity contribution in [3.8, 4) is 0 Å². The Morgan fingerprint density at radius 1 is 1.24 bits per heavy atom. The van der Waals surface area contributed by atoms with Crippen LogP contribution < -0.4 is 10.6 Å². The van der Waals surface area contributed by atoms with Gasteiger partial charge < -0.3 is 15.4 Å². The van der Waals surface area contributed by atoms with Crippen molar-refractivity contribution >= 4 is 16.6 Å². The third kappa shape index (κ3) is 3.31. The Morgan fingerprint density at radius 2 is 2.05 bits per heavy atom.